The number of anilines is 1. The molecule has 178 valence electrons. The van der Waals surface area contributed by atoms with Crippen LogP contribution in [0.1, 0.15) is 18.9 Å². The van der Waals surface area contributed by atoms with E-state index in [2.05, 4.69) is 12.2 Å². The summed E-state index contributed by atoms with van der Waals surface area (Å²) in [5.74, 6) is 0.679. The van der Waals surface area contributed by atoms with Gasteiger partial charge in [-0.2, -0.15) is 0 Å². The molecule has 1 amide bonds. The molecule has 1 heterocycles. The van der Waals surface area contributed by atoms with E-state index in [9.17, 15) is 13.2 Å². The Hall–Kier alpha value is -3.52. The van der Waals surface area contributed by atoms with Crippen molar-refractivity contribution in [3.63, 3.8) is 0 Å². The van der Waals surface area contributed by atoms with E-state index >= 15 is 0 Å². The van der Waals surface area contributed by atoms with Crippen molar-refractivity contribution in [1.29, 1.82) is 0 Å². The summed E-state index contributed by atoms with van der Waals surface area (Å²) in [6.45, 7) is 2.56. The van der Waals surface area contributed by atoms with Gasteiger partial charge in [-0.1, -0.05) is 55.8 Å². The number of sulfonamides is 1. The van der Waals surface area contributed by atoms with E-state index in [1.807, 2.05) is 24.3 Å². The van der Waals surface area contributed by atoms with E-state index in [1.165, 1.54) is 22.0 Å². The molecule has 0 aliphatic carbocycles. The maximum atomic E-state index is 13.3. The first kappa shape index (κ1) is 23.6. The van der Waals surface area contributed by atoms with Gasteiger partial charge in [-0.05, 0) is 48.4 Å². The molecule has 0 fully saturated rings. The lowest BCUT2D eigenvalue weighted by molar-refractivity contribution is -0.127. The van der Waals surface area contributed by atoms with E-state index in [4.69, 9.17) is 9.47 Å². The normalized spacial score (nSPS) is 15.2. The van der Waals surface area contributed by atoms with Crippen LogP contribution >= 0.6 is 0 Å². The van der Waals surface area contributed by atoms with E-state index in [0.717, 1.165) is 18.6 Å². The lowest BCUT2D eigenvalue weighted by atomic mass is 10.1. The molecular weight excluding hydrogens is 452 g/mol. The van der Waals surface area contributed by atoms with E-state index in [1.54, 1.807) is 42.5 Å². The monoisotopic (exact) mass is 480 g/mol. The molecule has 1 aliphatic rings. The maximum absolute atomic E-state index is 13.3. The highest BCUT2D eigenvalue weighted by Gasteiger charge is 2.37. The number of benzene rings is 3. The van der Waals surface area contributed by atoms with Crippen LogP contribution in [-0.4, -0.2) is 40.1 Å². The highest BCUT2D eigenvalue weighted by molar-refractivity contribution is 7.92. The smallest absolute Gasteiger partial charge is 0.264 e. The summed E-state index contributed by atoms with van der Waals surface area (Å²) in [4.78, 5) is 13.0. The number of nitrogens with zero attached hydrogens (tertiary/aromatic N) is 1. The molecule has 8 heteroatoms. The van der Waals surface area contributed by atoms with Gasteiger partial charge in [0.15, 0.2) is 6.10 Å². The fourth-order valence-corrected chi connectivity index (χ4v) is 5.28. The molecule has 1 atom stereocenters. The van der Waals surface area contributed by atoms with Gasteiger partial charge in [0.05, 0.1) is 23.7 Å². The topological polar surface area (TPSA) is 84.9 Å². The van der Waals surface area contributed by atoms with Crippen LogP contribution in [0.3, 0.4) is 0 Å². The zero-order valence-electron chi connectivity index (χ0n) is 19.0. The van der Waals surface area contributed by atoms with Gasteiger partial charge in [0.1, 0.15) is 18.1 Å². The first-order chi connectivity index (χ1) is 16.5. The van der Waals surface area contributed by atoms with Gasteiger partial charge in [-0.25, -0.2) is 8.42 Å². The first-order valence-electron chi connectivity index (χ1n) is 11.3. The summed E-state index contributed by atoms with van der Waals surface area (Å²) in [6, 6.07) is 22.9. The molecule has 0 bridgehead atoms. The standard InChI is InChI=1S/C26H28N2O5S/c1-2-8-20-13-15-21(16-14-20)32-18-17-27-26(29)25-19-28(23-11-6-7-12-24(23)33-25)34(30,31)22-9-4-3-5-10-22/h3-7,9-16,25H,2,8,17-19H2,1H3,(H,27,29). The highest BCUT2D eigenvalue weighted by atomic mass is 32.2. The van der Waals surface area contributed by atoms with Crippen molar-refractivity contribution in [2.45, 2.75) is 30.8 Å². The minimum atomic E-state index is -3.86. The minimum Gasteiger partial charge on any atom is -0.492 e. The van der Waals surface area contributed by atoms with Crippen LogP contribution in [0.4, 0.5) is 5.69 Å². The van der Waals surface area contributed by atoms with Crippen molar-refractivity contribution in [2.75, 3.05) is 24.0 Å². The summed E-state index contributed by atoms with van der Waals surface area (Å²) in [7, 11) is -3.86. The summed E-state index contributed by atoms with van der Waals surface area (Å²) in [6.07, 6.45) is 1.13. The van der Waals surface area contributed by atoms with Crippen LogP contribution < -0.4 is 19.1 Å². The van der Waals surface area contributed by atoms with Crippen LogP contribution in [0.2, 0.25) is 0 Å². The Morgan fingerprint density at radius 3 is 2.47 bits per heavy atom. The number of ether oxygens (including phenoxy) is 2. The molecule has 1 N–H and O–H groups in total. The van der Waals surface area contributed by atoms with Gasteiger partial charge < -0.3 is 14.8 Å². The van der Waals surface area contributed by atoms with Crippen LogP contribution in [-0.2, 0) is 21.2 Å². The zero-order valence-corrected chi connectivity index (χ0v) is 19.8. The molecule has 4 rings (SSSR count). The van der Waals surface area contributed by atoms with Crippen LogP contribution in [0, 0.1) is 0 Å². The number of aryl methyl sites for hydroxylation is 1. The number of para-hydroxylation sites is 2. The Labute approximate surface area is 200 Å². The number of nitrogens with one attached hydrogen (secondary N) is 1. The third kappa shape index (κ3) is 5.34. The van der Waals surface area contributed by atoms with Crippen LogP contribution in [0.5, 0.6) is 11.5 Å². The molecule has 1 aliphatic heterocycles. The lowest BCUT2D eigenvalue weighted by Crippen LogP contribution is -2.51. The molecule has 3 aromatic rings. The Morgan fingerprint density at radius 1 is 1.03 bits per heavy atom. The van der Waals surface area contributed by atoms with Crippen molar-refractivity contribution >= 4 is 21.6 Å². The SMILES string of the molecule is CCCc1ccc(OCCNC(=O)C2CN(S(=O)(=O)c3ccccc3)c3ccccc3O2)cc1. The number of amides is 1. The third-order valence-corrected chi connectivity index (χ3v) is 7.28. The average Bonchev–Trinajstić information content (AvgIpc) is 2.87. The largest absolute Gasteiger partial charge is 0.492 e. The fourth-order valence-electron chi connectivity index (χ4n) is 3.78. The molecule has 0 saturated heterocycles. The van der Waals surface area contributed by atoms with Gasteiger partial charge in [0.2, 0.25) is 0 Å². The summed E-state index contributed by atoms with van der Waals surface area (Å²) < 4.78 is 39.4. The molecular formula is C26H28N2O5S. The molecule has 7 nitrogen and oxygen atoms in total. The lowest BCUT2D eigenvalue weighted by Gasteiger charge is -2.34. The van der Waals surface area contributed by atoms with Crippen molar-refractivity contribution in [3.05, 3.63) is 84.4 Å². The van der Waals surface area contributed by atoms with E-state index in [0.29, 0.717) is 11.4 Å². The zero-order chi connectivity index (χ0) is 24.0. The second-order valence-electron chi connectivity index (χ2n) is 7.96. The van der Waals surface area contributed by atoms with Gasteiger partial charge in [-0.15, -0.1) is 0 Å². The van der Waals surface area contributed by atoms with Gasteiger partial charge >= 0.3 is 0 Å². The molecule has 1 unspecified atom stereocenters. The molecule has 0 aromatic heterocycles. The quantitative estimate of drug-likeness (QED) is 0.471. The number of hydrogen-bond donors (Lipinski definition) is 1. The molecule has 34 heavy (non-hydrogen) atoms. The number of hydrogen-bond acceptors (Lipinski definition) is 5. The second kappa shape index (κ2) is 10.6. The van der Waals surface area contributed by atoms with Gasteiger partial charge in [0, 0.05) is 0 Å². The Morgan fingerprint density at radius 2 is 1.74 bits per heavy atom. The van der Waals surface area contributed by atoms with Gasteiger partial charge in [-0.3, -0.25) is 9.10 Å². The van der Waals surface area contributed by atoms with E-state index < -0.39 is 22.0 Å². The van der Waals surface area contributed by atoms with Crippen molar-refractivity contribution in [3.8, 4) is 11.5 Å². The summed E-state index contributed by atoms with van der Waals surface area (Å²) in [5.41, 5.74) is 1.66. The average molecular weight is 481 g/mol. The fraction of sp³-hybridized carbons (Fsp3) is 0.269. The van der Waals surface area contributed by atoms with E-state index in [-0.39, 0.29) is 24.6 Å². The molecule has 0 radical (unpaired) electrons. The van der Waals surface area contributed by atoms with Crippen molar-refractivity contribution < 1.29 is 22.7 Å². The summed E-state index contributed by atoms with van der Waals surface area (Å²) >= 11 is 0. The third-order valence-electron chi connectivity index (χ3n) is 5.49. The number of fused-ring (bicyclic) bond motifs is 1. The van der Waals surface area contributed by atoms with Crippen LogP contribution in [0.25, 0.3) is 0 Å². The minimum absolute atomic E-state index is 0.125. The van der Waals surface area contributed by atoms with Gasteiger partial charge in [0.25, 0.3) is 15.9 Å². The maximum Gasteiger partial charge on any atom is 0.264 e. The Bertz CT molecular complexity index is 1210. The molecule has 0 saturated carbocycles. The first-order valence-corrected chi connectivity index (χ1v) is 12.8. The number of carbonyl (C=O) groups is 1. The highest BCUT2D eigenvalue weighted by Crippen LogP contribution is 2.36. The van der Waals surface area contributed by atoms with Crippen molar-refractivity contribution in [2.24, 2.45) is 0 Å². The van der Waals surface area contributed by atoms with Crippen LogP contribution in [0.15, 0.2) is 83.8 Å². The number of rotatable bonds is 9. The van der Waals surface area contributed by atoms with Crippen molar-refractivity contribution in [1.82, 2.24) is 5.32 Å². The molecule has 0 spiro atoms. The Kier molecular flexibility index (Phi) is 7.37. The summed E-state index contributed by atoms with van der Waals surface area (Å²) in [5, 5.41) is 2.79. The second-order valence-corrected chi connectivity index (χ2v) is 9.82. The molecule has 3 aromatic carbocycles. The number of carbonyl (C=O) groups excluding carboxylic acids is 1. The Balaban J connectivity index is 1.39. The predicted molar refractivity (Wildman–Crippen MR) is 131 cm³/mol. The predicted octanol–water partition coefficient (Wildman–Crippen LogP) is 3.79.